The van der Waals surface area contributed by atoms with E-state index in [1.807, 2.05) is 18.2 Å². The molecule has 0 bridgehead atoms. The quantitative estimate of drug-likeness (QED) is 0.917. The smallest absolute Gasteiger partial charge is 0.231 e. The molecule has 2 atom stereocenters. The molecule has 2 heterocycles. The van der Waals surface area contributed by atoms with E-state index in [-0.39, 0.29) is 12.4 Å². The number of hydrogen-bond donors (Lipinski definition) is 1. The molecule has 0 amide bonds. The number of ether oxygens (including phenoxy) is 3. The first kappa shape index (κ1) is 16.9. The Bertz CT molecular complexity index is 665. The summed E-state index contributed by atoms with van der Waals surface area (Å²) in [5, 5.41) is 3.49. The van der Waals surface area contributed by atoms with Gasteiger partial charge >= 0.3 is 0 Å². The van der Waals surface area contributed by atoms with Gasteiger partial charge in [0.2, 0.25) is 6.79 Å². The fourth-order valence-corrected chi connectivity index (χ4v) is 3.41. The third-order valence-corrected chi connectivity index (χ3v) is 4.64. The van der Waals surface area contributed by atoms with Crippen LogP contribution in [0.4, 0.5) is 0 Å². The SMILES string of the molecule is Cl.c1ccc([C@@H]2CCNC[C@@H]2COc2ccc3c(c2)OCO3)cc1. The molecule has 2 aromatic rings. The minimum Gasteiger partial charge on any atom is -0.493 e. The summed E-state index contributed by atoms with van der Waals surface area (Å²) in [6.45, 7) is 3.05. The number of rotatable bonds is 4. The topological polar surface area (TPSA) is 39.7 Å². The van der Waals surface area contributed by atoms with Gasteiger partial charge in [-0.25, -0.2) is 0 Å². The van der Waals surface area contributed by atoms with Crippen molar-refractivity contribution in [1.29, 1.82) is 0 Å². The third-order valence-electron chi connectivity index (χ3n) is 4.64. The summed E-state index contributed by atoms with van der Waals surface area (Å²) >= 11 is 0. The fourth-order valence-electron chi connectivity index (χ4n) is 3.41. The minimum absolute atomic E-state index is 0. The van der Waals surface area contributed by atoms with E-state index >= 15 is 0 Å². The zero-order valence-corrected chi connectivity index (χ0v) is 14.3. The second kappa shape index (κ2) is 7.77. The van der Waals surface area contributed by atoms with E-state index in [0.29, 0.717) is 25.2 Å². The van der Waals surface area contributed by atoms with Crippen molar-refractivity contribution in [2.24, 2.45) is 5.92 Å². The molecule has 4 nitrogen and oxygen atoms in total. The number of nitrogens with one attached hydrogen (secondary N) is 1. The molecule has 2 aliphatic rings. The van der Waals surface area contributed by atoms with Gasteiger partial charge in [-0.3, -0.25) is 0 Å². The predicted octanol–water partition coefficient (Wildman–Crippen LogP) is 3.61. The Kier molecular flexibility index (Phi) is 5.48. The highest BCUT2D eigenvalue weighted by Crippen LogP contribution is 2.36. The zero-order valence-electron chi connectivity index (χ0n) is 13.4. The van der Waals surface area contributed by atoms with E-state index in [1.165, 1.54) is 5.56 Å². The molecular formula is C19H22ClNO3. The van der Waals surface area contributed by atoms with Gasteiger partial charge in [-0.05, 0) is 36.6 Å². The lowest BCUT2D eigenvalue weighted by atomic mass is 9.81. The Morgan fingerprint density at radius 3 is 2.75 bits per heavy atom. The van der Waals surface area contributed by atoms with Crippen LogP contribution in [0.15, 0.2) is 48.5 Å². The molecule has 0 aliphatic carbocycles. The van der Waals surface area contributed by atoms with Gasteiger partial charge in [0, 0.05) is 18.5 Å². The van der Waals surface area contributed by atoms with Crippen LogP contribution in [0.5, 0.6) is 17.2 Å². The Morgan fingerprint density at radius 1 is 1.04 bits per heavy atom. The van der Waals surface area contributed by atoms with Crippen LogP contribution >= 0.6 is 12.4 Å². The van der Waals surface area contributed by atoms with Crippen molar-refractivity contribution in [1.82, 2.24) is 5.32 Å². The second-order valence-corrected chi connectivity index (χ2v) is 6.10. The summed E-state index contributed by atoms with van der Waals surface area (Å²) in [5.41, 5.74) is 1.41. The molecule has 2 aliphatic heterocycles. The third kappa shape index (κ3) is 3.60. The summed E-state index contributed by atoms with van der Waals surface area (Å²) in [5.74, 6) is 3.41. The molecule has 0 unspecified atom stereocenters. The Labute approximate surface area is 148 Å². The van der Waals surface area contributed by atoms with Crippen LogP contribution in [0.3, 0.4) is 0 Å². The van der Waals surface area contributed by atoms with Gasteiger partial charge < -0.3 is 19.5 Å². The molecule has 1 saturated heterocycles. The second-order valence-electron chi connectivity index (χ2n) is 6.10. The molecule has 1 N–H and O–H groups in total. The lowest BCUT2D eigenvalue weighted by Gasteiger charge is -2.32. The van der Waals surface area contributed by atoms with Crippen LogP contribution in [0.25, 0.3) is 0 Å². The van der Waals surface area contributed by atoms with E-state index in [0.717, 1.165) is 36.8 Å². The number of hydrogen-bond acceptors (Lipinski definition) is 4. The van der Waals surface area contributed by atoms with Gasteiger partial charge in [0.05, 0.1) is 6.61 Å². The Balaban J connectivity index is 0.00000169. The molecule has 5 heteroatoms. The van der Waals surface area contributed by atoms with Gasteiger partial charge in [0.25, 0.3) is 0 Å². The van der Waals surface area contributed by atoms with E-state index in [2.05, 4.69) is 35.6 Å². The monoisotopic (exact) mass is 347 g/mol. The number of piperidine rings is 1. The summed E-state index contributed by atoms with van der Waals surface area (Å²) < 4.78 is 16.8. The molecule has 2 aromatic carbocycles. The van der Waals surface area contributed by atoms with Gasteiger partial charge in [0.1, 0.15) is 5.75 Å². The molecule has 0 saturated carbocycles. The van der Waals surface area contributed by atoms with Gasteiger partial charge in [-0.15, -0.1) is 12.4 Å². The average Bonchev–Trinajstić information content (AvgIpc) is 3.09. The van der Waals surface area contributed by atoms with Crippen molar-refractivity contribution >= 4 is 12.4 Å². The Morgan fingerprint density at radius 2 is 1.88 bits per heavy atom. The molecule has 0 radical (unpaired) electrons. The normalized spacial score (nSPS) is 21.8. The van der Waals surface area contributed by atoms with Crippen LogP contribution in [-0.4, -0.2) is 26.5 Å². The zero-order chi connectivity index (χ0) is 15.5. The van der Waals surface area contributed by atoms with E-state index in [9.17, 15) is 0 Å². The van der Waals surface area contributed by atoms with Gasteiger partial charge in [-0.1, -0.05) is 30.3 Å². The standard InChI is InChI=1S/C19H21NO3.ClH/c1-2-4-14(5-3-1)17-8-9-20-11-15(17)12-21-16-6-7-18-19(10-16)23-13-22-18;/h1-7,10,15,17,20H,8-9,11-13H2;1H/t15-,17+;/m1./s1. The minimum atomic E-state index is 0. The first-order valence-electron chi connectivity index (χ1n) is 8.18. The number of halogens is 1. The van der Waals surface area contributed by atoms with Gasteiger partial charge in [-0.2, -0.15) is 0 Å². The molecule has 1 fully saturated rings. The van der Waals surface area contributed by atoms with Crippen LogP contribution < -0.4 is 19.5 Å². The van der Waals surface area contributed by atoms with E-state index < -0.39 is 0 Å². The van der Waals surface area contributed by atoms with Crippen molar-refractivity contribution in [3.8, 4) is 17.2 Å². The first-order chi connectivity index (χ1) is 11.4. The first-order valence-corrected chi connectivity index (χ1v) is 8.18. The van der Waals surface area contributed by atoms with Crippen LogP contribution in [0.2, 0.25) is 0 Å². The number of fused-ring (bicyclic) bond motifs is 1. The van der Waals surface area contributed by atoms with Crippen molar-refractivity contribution in [3.05, 3.63) is 54.1 Å². The fraction of sp³-hybridized carbons (Fsp3) is 0.368. The molecule has 4 rings (SSSR count). The van der Waals surface area contributed by atoms with Crippen LogP contribution in [0.1, 0.15) is 17.9 Å². The maximum Gasteiger partial charge on any atom is 0.231 e. The summed E-state index contributed by atoms with van der Waals surface area (Å²) in [7, 11) is 0. The van der Waals surface area contributed by atoms with Crippen molar-refractivity contribution in [2.45, 2.75) is 12.3 Å². The maximum absolute atomic E-state index is 6.05. The average molecular weight is 348 g/mol. The molecule has 24 heavy (non-hydrogen) atoms. The van der Waals surface area contributed by atoms with Crippen molar-refractivity contribution < 1.29 is 14.2 Å². The van der Waals surface area contributed by atoms with E-state index in [1.54, 1.807) is 0 Å². The summed E-state index contributed by atoms with van der Waals surface area (Å²) in [6.07, 6.45) is 1.15. The Hall–Kier alpha value is -1.91. The lowest BCUT2D eigenvalue weighted by molar-refractivity contribution is 0.173. The highest BCUT2D eigenvalue weighted by Gasteiger charge is 2.27. The summed E-state index contributed by atoms with van der Waals surface area (Å²) in [4.78, 5) is 0. The molecular weight excluding hydrogens is 326 g/mol. The van der Waals surface area contributed by atoms with E-state index in [4.69, 9.17) is 14.2 Å². The van der Waals surface area contributed by atoms with Crippen molar-refractivity contribution in [3.63, 3.8) is 0 Å². The molecule has 0 spiro atoms. The van der Waals surface area contributed by atoms with Crippen molar-refractivity contribution in [2.75, 3.05) is 26.5 Å². The lowest BCUT2D eigenvalue weighted by Crippen LogP contribution is -2.38. The maximum atomic E-state index is 6.05. The highest BCUT2D eigenvalue weighted by molar-refractivity contribution is 5.85. The molecule has 128 valence electrons. The summed E-state index contributed by atoms with van der Waals surface area (Å²) in [6, 6.07) is 16.5. The number of benzene rings is 2. The van der Waals surface area contributed by atoms with Crippen LogP contribution in [0, 0.1) is 5.92 Å². The van der Waals surface area contributed by atoms with Crippen LogP contribution in [-0.2, 0) is 0 Å². The largest absolute Gasteiger partial charge is 0.493 e. The highest BCUT2D eigenvalue weighted by atomic mass is 35.5. The predicted molar refractivity (Wildman–Crippen MR) is 95.5 cm³/mol. The molecule has 0 aromatic heterocycles. The van der Waals surface area contributed by atoms with Gasteiger partial charge in [0.15, 0.2) is 11.5 Å².